The van der Waals surface area contributed by atoms with Gasteiger partial charge in [0.2, 0.25) is 5.91 Å². The zero-order valence-electron chi connectivity index (χ0n) is 17.1. The van der Waals surface area contributed by atoms with Crippen LogP contribution >= 0.6 is 35.0 Å². The molecule has 3 aromatic rings. The van der Waals surface area contributed by atoms with Gasteiger partial charge in [-0.25, -0.2) is 0 Å². The van der Waals surface area contributed by atoms with Gasteiger partial charge in [-0.2, -0.15) is 0 Å². The SMILES string of the molecule is Cc1ccc(Cl)c(OC(C)c2nnc(SCC(=O)Nc3cccc(Cl)c3C)n2C)c1. The molecule has 0 spiro atoms. The molecule has 1 heterocycles. The lowest BCUT2D eigenvalue weighted by molar-refractivity contribution is -0.113. The van der Waals surface area contributed by atoms with Crippen LogP contribution in [-0.4, -0.2) is 26.4 Å². The fourth-order valence-corrected chi connectivity index (χ4v) is 3.86. The van der Waals surface area contributed by atoms with Crippen LogP contribution in [0.3, 0.4) is 0 Å². The minimum Gasteiger partial charge on any atom is -0.481 e. The van der Waals surface area contributed by atoms with Crippen molar-refractivity contribution in [2.45, 2.75) is 32.0 Å². The molecule has 2 aromatic carbocycles. The summed E-state index contributed by atoms with van der Waals surface area (Å²) in [5.74, 6) is 1.28. The van der Waals surface area contributed by atoms with E-state index in [-0.39, 0.29) is 17.8 Å². The first kappa shape index (κ1) is 22.5. The van der Waals surface area contributed by atoms with E-state index in [1.54, 1.807) is 18.2 Å². The average Bonchev–Trinajstić information content (AvgIpc) is 3.07. The van der Waals surface area contributed by atoms with Gasteiger partial charge < -0.3 is 14.6 Å². The Bertz CT molecular complexity index is 1070. The molecule has 0 saturated heterocycles. The van der Waals surface area contributed by atoms with Crippen molar-refractivity contribution < 1.29 is 9.53 Å². The first-order valence-electron chi connectivity index (χ1n) is 9.26. The molecule has 1 aromatic heterocycles. The number of carbonyl (C=O) groups excluding carboxylic acids is 1. The number of anilines is 1. The van der Waals surface area contributed by atoms with E-state index in [4.69, 9.17) is 27.9 Å². The summed E-state index contributed by atoms with van der Waals surface area (Å²) in [6.07, 6.45) is -0.362. The largest absolute Gasteiger partial charge is 0.481 e. The molecule has 3 rings (SSSR count). The Morgan fingerprint density at radius 1 is 1.20 bits per heavy atom. The van der Waals surface area contributed by atoms with Gasteiger partial charge in [0.15, 0.2) is 17.1 Å². The van der Waals surface area contributed by atoms with Gasteiger partial charge in [-0.05, 0) is 56.2 Å². The molecule has 0 aliphatic heterocycles. The zero-order valence-corrected chi connectivity index (χ0v) is 19.4. The van der Waals surface area contributed by atoms with Gasteiger partial charge in [-0.15, -0.1) is 10.2 Å². The number of halogens is 2. The quantitative estimate of drug-likeness (QED) is 0.460. The van der Waals surface area contributed by atoms with Gasteiger partial charge in [-0.1, -0.05) is 47.1 Å². The van der Waals surface area contributed by atoms with Crippen LogP contribution in [0.1, 0.15) is 30.0 Å². The van der Waals surface area contributed by atoms with Crippen molar-refractivity contribution in [3.63, 3.8) is 0 Å². The molecule has 0 fully saturated rings. The Hall–Kier alpha value is -2.22. The second-order valence-corrected chi connectivity index (χ2v) is 8.60. The van der Waals surface area contributed by atoms with E-state index in [2.05, 4.69) is 15.5 Å². The lowest BCUT2D eigenvalue weighted by Gasteiger charge is -2.15. The van der Waals surface area contributed by atoms with Crippen LogP contribution in [-0.2, 0) is 11.8 Å². The van der Waals surface area contributed by atoms with Crippen LogP contribution in [0.25, 0.3) is 0 Å². The molecule has 9 heteroatoms. The first-order valence-corrected chi connectivity index (χ1v) is 11.0. The van der Waals surface area contributed by atoms with Gasteiger partial charge >= 0.3 is 0 Å². The highest BCUT2D eigenvalue weighted by Gasteiger charge is 2.19. The number of amides is 1. The fraction of sp³-hybridized carbons (Fsp3) is 0.286. The number of hydrogen-bond acceptors (Lipinski definition) is 5. The molecule has 0 saturated carbocycles. The van der Waals surface area contributed by atoms with Gasteiger partial charge in [0.1, 0.15) is 5.75 Å². The summed E-state index contributed by atoms with van der Waals surface area (Å²) in [5, 5.41) is 13.1. The molecule has 0 aliphatic carbocycles. The lowest BCUT2D eigenvalue weighted by Crippen LogP contribution is -2.15. The second kappa shape index (κ2) is 9.73. The molecule has 0 bridgehead atoms. The number of carbonyl (C=O) groups is 1. The molecule has 158 valence electrons. The molecule has 0 aliphatic rings. The zero-order chi connectivity index (χ0) is 21.8. The number of benzene rings is 2. The van der Waals surface area contributed by atoms with Crippen molar-refractivity contribution in [2.24, 2.45) is 7.05 Å². The maximum absolute atomic E-state index is 12.3. The number of ether oxygens (including phenoxy) is 1. The van der Waals surface area contributed by atoms with Crippen LogP contribution in [0.2, 0.25) is 10.0 Å². The standard InChI is InChI=1S/C21H22Cl2N4O2S/c1-12-8-9-16(23)18(10-12)29-14(3)20-25-26-21(27(20)4)30-11-19(28)24-17-7-5-6-15(22)13(17)2/h5-10,14H,11H2,1-4H3,(H,24,28). The smallest absolute Gasteiger partial charge is 0.234 e. The summed E-state index contributed by atoms with van der Waals surface area (Å²) in [6, 6.07) is 11.0. The Morgan fingerprint density at radius 3 is 2.73 bits per heavy atom. The van der Waals surface area contributed by atoms with Crippen molar-refractivity contribution >= 4 is 46.6 Å². The highest BCUT2D eigenvalue weighted by Crippen LogP contribution is 2.30. The molecule has 0 radical (unpaired) electrons. The fourth-order valence-electron chi connectivity index (χ4n) is 2.81. The Labute approximate surface area is 189 Å². The monoisotopic (exact) mass is 464 g/mol. The topological polar surface area (TPSA) is 69.0 Å². The molecule has 1 N–H and O–H groups in total. The van der Waals surface area contributed by atoms with Crippen molar-refractivity contribution in [3.05, 3.63) is 63.4 Å². The number of aryl methyl sites for hydroxylation is 1. The van der Waals surface area contributed by atoms with Gasteiger partial charge in [0.25, 0.3) is 0 Å². The van der Waals surface area contributed by atoms with E-state index in [9.17, 15) is 4.79 Å². The molecule has 30 heavy (non-hydrogen) atoms. The van der Waals surface area contributed by atoms with Gasteiger partial charge in [0.05, 0.1) is 10.8 Å². The summed E-state index contributed by atoms with van der Waals surface area (Å²) in [7, 11) is 1.84. The third-order valence-corrected chi connectivity index (χ3v) is 6.24. The molecular formula is C21H22Cl2N4O2S. The summed E-state index contributed by atoms with van der Waals surface area (Å²) in [4.78, 5) is 12.3. The number of hydrogen-bond donors (Lipinski definition) is 1. The number of nitrogens with zero attached hydrogens (tertiary/aromatic N) is 3. The number of thioether (sulfide) groups is 1. The van der Waals surface area contributed by atoms with Crippen molar-refractivity contribution in [1.82, 2.24) is 14.8 Å². The van der Waals surface area contributed by atoms with E-state index in [1.165, 1.54) is 11.8 Å². The summed E-state index contributed by atoms with van der Waals surface area (Å²) in [6.45, 7) is 5.72. The summed E-state index contributed by atoms with van der Waals surface area (Å²) in [5.41, 5.74) is 2.58. The van der Waals surface area contributed by atoms with E-state index < -0.39 is 0 Å². The molecular weight excluding hydrogens is 443 g/mol. The van der Waals surface area contributed by atoms with Crippen LogP contribution in [0.5, 0.6) is 5.75 Å². The van der Waals surface area contributed by atoms with Crippen molar-refractivity contribution in [3.8, 4) is 5.75 Å². The van der Waals surface area contributed by atoms with Crippen LogP contribution in [0.4, 0.5) is 5.69 Å². The van der Waals surface area contributed by atoms with Crippen molar-refractivity contribution in [1.29, 1.82) is 0 Å². The van der Waals surface area contributed by atoms with Crippen LogP contribution in [0.15, 0.2) is 41.6 Å². The Morgan fingerprint density at radius 2 is 1.97 bits per heavy atom. The number of nitrogens with one attached hydrogen (secondary N) is 1. The molecule has 1 atom stereocenters. The average molecular weight is 465 g/mol. The van der Waals surface area contributed by atoms with Crippen LogP contribution in [0, 0.1) is 13.8 Å². The highest BCUT2D eigenvalue weighted by molar-refractivity contribution is 7.99. The predicted octanol–water partition coefficient (Wildman–Crippen LogP) is 5.61. The summed E-state index contributed by atoms with van der Waals surface area (Å²) < 4.78 is 7.80. The maximum Gasteiger partial charge on any atom is 0.234 e. The molecule has 1 unspecified atom stereocenters. The first-order chi connectivity index (χ1) is 14.3. The minimum atomic E-state index is -0.362. The third kappa shape index (κ3) is 5.28. The Kier molecular flexibility index (Phi) is 7.28. The number of aromatic nitrogens is 3. The second-order valence-electron chi connectivity index (χ2n) is 6.84. The summed E-state index contributed by atoms with van der Waals surface area (Å²) >= 11 is 13.6. The lowest BCUT2D eigenvalue weighted by atomic mass is 10.2. The van der Waals surface area contributed by atoms with E-state index in [1.807, 2.05) is 50.6 Å². The number of rotatable bonds is 7. The van der Waals surface area contributed by atoms with Crippen molar-refractivity contribution in [2.75, 3.05) is 11.1 Å². The van der Waals surface area contributed by atoms with Gasteiger partial charge in [-0.3, -0.25) is 4.79 Å². The van der Waals surface area contributed by atoms with E-state index >= 15 is 0 Å². The maximum atomic E-state index is 12.3. The van der Waals surface area contributed by atoms with E-state index in [0.29, 0.717) is 32.5 Å². The van der Waals surface area contributed by atoms with Gasteiger partial charge in [0, 0.05) is 17.8 Å². The Balaban J connectivity index is 1.62. The minimum absolute atomic E-state index is 0.147. The normalized spacial score (nSPS) is 11.9. The van der Waals surface area contributed by atoms with E-state index in [0.717, 1.165) is 11.1 Å². The predicted molar refractivity (Wildman–Crippen MR) is 122 cm³/mol. The third-order valence-electron chi connectivity index (χ3n) is 4.50. The highest BCUT2D eigenvalue weighted by atomic mass is 35.5. The molecule has 6 nitrogen and oxygen atoms in total. The van der Waals surface area contributed by atoms with Crippen LogP contribution < -0.4 is 10.1 Å². The molecule has 1 amide bonds.